The Hall–Kier alpha value is -1.69. The zero-order valence-electron chi connectivity index (χ0n) is 15.0. The second-order valence-corrected chi connectivity index (χ2v) is 7.42. The number of benzene rings is 1. The number of hydrogen-bond acceptors (Lipinski definition) is 4. The fraction of sp³-hybridized carbons (Fsp3) is 0.450. The fourth-order valence-corrected chi connectivity index (χ4v) is 4.36. The van der Waals surface area contributed by atoms with Gasteiger partial charge in [0.2, 0.25) is 5.91 Å². The van der Waals surface area contributed by atoms with Gasteiger partial charge in [0, 0.05) is 25.1 Å². The van der Waals surface area contributed by atoms with Gasteiger partial charge in [0.05, 0.1) is 12.6 Å². The van der Waals surface area contributed by atoms with E-state index in [1.165, 1.54) is 21.6 Å². The molecule has 0 aliphatic carbocycles. The largest absolute Gasteiger partial charge is 0.385 e. The van der Waals surface area contributed by atoms with Gasteiger partial charge in [-0.15, -0.1) is 11.3 Å². The smallest absolute Gasteiger partial charge is 0.237 e. The highest BCUT2D eigenvalue weighted by molar-refractivity contribution is 7.10. The number of hydrogen-bond donors (Lipinski definition) is 1. The molecule has 3 rings (SSSR count). The molecule has 0 radical (unpaired) electrons. The van der Waals surface area contributed by atoms with Crippen LogP contribution in [0.15, 0.2) is 35.7 Å². The first kappa shape index (κ1) is 18.1. The third kappa shape index (κ3) is 4.11. The molecule has 25 heavy (non-hydrogen) atoms. The van der Waals surface area contributed by atoms with Crippen LogP contribution in [-0.4, -0.2) is 44.2 Å². The average Bonchev–Trinajstić information content (AvgIpc) is 3.10. The number of rotatable bonds is 7. The number of aryl methyl sites for hydroxylation is 1. The van der Waals surface area contributed by atoms with E-state index in [-0.39, 0.29) is 11.9 Å². The van der Waals surface area contributed by atoms with Crippen LogP contribution >= 0.6 is 11.3 Å². The lowest BCUT2D eigenvalue weighted by Gasteiger charge is -2.37. The molecule has 1 aliphatic heterocycles. The summed E-state index contributed by atoms with van der Waals surface area (Å²) in [6.07, 6.45) is 1.87. The highest BCUT2D eigenvalue weighted by Crippen LogP contribution is 2.38. The van der Waals surface area contributed by atoms with Gasteiger partial charge in [-0.05, 0) is 54.4 Å². The predicted octanol–water partition coefficient (Wildman–Crippen LogP) is 3.16. The molecule has 0 saturated heterocycles. The predicted molar refractivity (Wildman–Crippen MR) is 102 cm³/mol. The Kier molecular flexibility index (Phi) is 6.24. The maximum atomic E-state index is 12.9. The number of ether oxygens (including phenoxy) is 1. The molecule has 2 aromatic rings. The van der Waals surface area contributed by atoms with Crippen molar-refractivity contribution in [3.05, 3.63) is 57.3 Å². The highest BCUT2D eigenvalue weighted by atomic mass is 32.1. The van der Waals surface area contributed by atoms with E-state index in [2.05, 4.69) is 48.0 Å². The van der Waals surface area contributed by atoms with Gasteiger partial charge in [-0.2, -0.15) is 0 Å². The Balaban J connectivity index is 1.78. The number of thiophene rings is 1. The van der Waals surface area contributed by atoms with E-state index in [0.717, 1.165) is 32.5 Å². The minimum absolute atomic E-state index is 0.0319. The third-order valence-corrected chi connectivity index (χ3v) is 5.74. The Labute approximate surface area is 153 Å². The zero-order valence-corrected chi connectivity index (χ0v) is 15.8. The van der Waals surface area contributed by atoms with Gasteiger partial charge in [0.25, 0.3) is 0 Å². The van der Waals surface area contributed by atoms with Crippen molar-refractivity contribution in [2.24, 2.45) is 0 Å². The van der Waals surface area contributed by atoms with Gasteiger partial charge in [0.15, 0.2) is 0 Å². The van der Waals surface area contributed by atoms with Crippen LogP contribution in [0.2, 0.25) is 0 Å². The Morgan fingerprint density at radius 1 is 1.32 bits per heavy atom. The number of nitrogens with zero attached hydrogens (tertiary/aromatic N) is 1. The molecule has 1 aliphatic rings. The lowest BCUT2D eigenvalue weighted by molar-refractivity contribution is -0.132. The molecule has 134 valence electrons. The van der Waals surface area contributed by atoms with E-state index in [0.29, 0.717) is 6.54 Å². The summed E-state index contributed by atoms with van der Waals surface area (Å²) in [4.78, 5) is 16.3. The van der Waals surface area contributed by atoms with Crippen LogP contribution in [0.1, 0.15) is 34.0 Å². The Morgan fingerprint density at radius 3 is 2.96 bits per heavy atom. The van der Waals surface area contributed by atoms with E-state index in [1.807, 2.05) is 4.90 Å². The summed E-state index contributed by atoms with van der Waals surface area (Å²) in [6, 6.07) is 10.6. The molecule has 1 amide bonds. The standard InChI is InChI=1S/C20H26N2O2S/c1-15-6-3-4-7-16(15)20-17-9-13-25-18(17)8-11-22(20)19(23)14-21-10-5-12-24-2/h3-4,6-7,9,13,20-21H,5,8,10-12,14H2,1-2H3. The topological polar surface area (TPSA) is 41.6 Å². The van der Waals surface area contributed by atoms with E-state index < -0.39 is 0 Å². The number of methoxy groups -OCH3 is 1. The van der Waals surface area contributed by atoms with Gasteiger partial charge in [0.1, 0.15) is 0 Å². The molecular formula is C20H26N2O2S. The second kappa shape index (κ2) is 8.61. The molecule has 5 heteroatoms. The molecule has 1 aromatic heterocycles. The molecule has 1 N–H and O–H groups in total. The van der Waals surface area contributed by atoms with Crippen molar-refractivity contribution >= 4 is 17.2 Å². The van der Waals surface area contributed by atoms with Crippen LogP contribution in [0.5, 0.6) is 0 Å². The quantitative estimate of drug-likeness (QED) is 0.773. The van der Waals surface area contributed by atoms with Gasteiger partial charge in [-0.25, -0.2) is 0 Å². The molecule has 1 unspecified atom stereocenters. The summed E-state index contributed by atoms with van der Waals surface area (Å²) in [5, 5.41) is 5.40. The minimum Gasteiger partial charge on any atom is -0.385 e. The molecule has 0 fully saturated rings. The van der Waals surface area contributed by atoms with Gasteiger partial charge < -0.3 is 15.0 Å². The van der Waals surface area contributed by atoms with Crippen molar-refractivity contribution in [3.8, 4) is 0 Å². The van der Waals surface area contributed by atoms with Crippen molar-refractivity contribution in [1.82, 2.24) is 10.2 Å². The zero-order chi connectivity index (χ0) is 17.6. The summed E-state index contributed by atoms with van der Waals surface area (Å²) < 4.78 is 5.05. The van der Waals surface area contributed by atoms with Crippen molar-refractivity contribution in [1.29, 1.82) is 0 Å². The number of fused-ring (bicyclic) bond motifs is 1. The maximum absolute atomic E-state index is 12.9. The molecular weight excluding hydrogens is 332 g/mol. The Bertz CT molecular complexity index is 713. The van der Waals surface area contributed by atoms with E-state index in [9.17, 15) is 4.79 Å². The monoisotopic (exact) mass is 358 g/mol. The summed E-state index contributed by atoms with van der Waals surface area (Å²) in [7, 11) is 1.70. The van der Waals surface area contributed by atoms with Crippen LogP contribution in [-0.2, 0) is 16.0 Å². The molecule has 0 spiro atoms. The highest BCUT2D eigenvalue weighted by Gasteiger charge is 2.33. The first-order chi connectivity index (χ1) is 12.2. The fourth-order valence-electron chi connectivity index (χ4n) is 3.45. The first-order valence-corrected chi connectivity index (χ1v) is 9.71. The number of carbonyl (C=O) groups is 1. The van der Waals surface area contributed by atoms with Crippen molar-refractivity contribution < 1.29 is 9.53 Å². The molecule has 2 heterocycles. The number of carbonyl (C=O) groups excluding carboxylic acids is 1. The molecule has 4 nitrogen and oxygen atoms in total. The molecule has 0 bridgehead atoms. The number of amides is 1. The van der Waals surface area contributed by atoms with E-state index in [4.69, 9.17) is 4.74 Å². The SMILES string of the molecule is COCCCNCC(=O)N1CCc2sccc2C1c1ccccc1C. The summed E-state index contributed by atoms with van der Waals surface area (Å²) >= 11 is 1.80. The van der Waals surface area contributed by atoms with Crippen molar-refractivity contribution in [2.75, 3.05) is 33.4 Å². The van der Waals surface area contributed by atoms with Crippen LogP contribution in [0, 0.1) is 6.92 Å². The lowest BCUT2D eigenvalue weighted by atomic mass is 9.90. The first-order valence-electron chi connectivity index (χ1n) is 8.83. The normalized spacial score (nSPS) is 16.7. The molecule has 1 atom stereocenters. The van der Waals surface area contributed by atoms with Crippen LogP contribution in [0.25, 0.3) is 0 Å². The average molecular weight is 359 g/mol. The van der Waals surface area contributed by atoms with Gasteiger partial charge >= 0.3 is 0 Å². The minimum atomic E-state index is 0.0319. The Morgan fingerprint density at radius 2 is 2.16 bits per heavy atom. The molecule has 1 aromatic carbocycles. The summed E-state index contributed by atoms with van der Waals surface area (Å²) in [5.41, 5.74) is 3.75. The van der Waals surface area contributed by atoms with E-state index >= 15 is 0 Å². The van der Waals surface area contributed by atoms with Crippen LogP contribution in [0.3, 0.4) is 0 Å². The second-order valence-electron chi connectivity index (χ2n) is 6.42. The van der Waals surface area contributed by atoms with Crippen LogP contribution in [0.4, 0.5) is 0 Å². The third-order valence-electron chi connectivity index (χ3n) is 4.75. The van der Waals surface area contributed by atoms with Crippen molar-refractivity contribution in [3.63, 3.8) is 0 Å². The van der Waals surface area contributed by atoms with E-state index in [1.54, 1.807) is 18.4 Å². The van der Waals surface area contributed by atoms with Crippen molar-refractivity contribution in [2.45, 2.75) is 25.8 Å². The maximum Gasteiger partial charge on any atom is 0.237 e. The summed E-state index contributed by atoms with van der Waals surface area (Å²) in [5.74, 6) is 0.169. The summed E-state index contributed by atoms with van der Waals surface area (Å²) in [6.45, 7) is 4.81. The molecule has 0 saturated carbocycles. The van der Waals surface area contributed by atoms with Crippen LogP contribution < -0.4 is 5.32 Å². The number of nitrogens with one attached hydrogen (secondary N) is 1. The van der Waals surface area contributed by atoms with Gasteiger partial charge in [-0.1, -0.05) is 24.3 Å². The lowest BCUT2D eigenvalue weighted by Crippen LogP contribution is -2.44. The van der Waals surface area contributed by atoms with Gasteiger partial charge in [-0.3, -0.25) is 4.79 Å².